The highest BCUT2D eigenvalue weighted by atomic mass is 35.5. The van der Waals surface area contributed by atoms with Crippen molar-refractivity contribution in [3.8, 4) is 5.75 Å². The van der Waals surface area contributed by atoms with Crippen molar-refractivity contribution in [1.29, 1.82) is 0 Å². The molecule has 1 aliphatic heterocycles. The maximum atomic E-state index is 12.5. The van der Waals surface area contributed by atoms with E-state index >= 15 is 0 Å². The summed E-state index contributed by atoms with van der Waals surface area (Å²) in [5.41, 5.74) is 2.35. The van der Waals surface area contributed by atoms with Crippen molar-refractivity contribution in [3.63, 3.8) is 0 Å². The standard InChI is InChI=1S/C16H15ClN2O2/c1-21-15-5-3-2-4-13(15)19-14-10-11(17)6-7-12(14)18-9-8-16(19)20/h2-7,10,18H,8-9H2,1H3. The fourth-order valence-corrected chi connectivity index (χ4v) is 2.63. The second kappa shape index (κ2) is 5.66. The van der Waals surface area contributed by atoms with Crippen molar-refractivity contribution >= 4 is 34.6 Å². The minimum Gasteiger partial charge on any atom is -0.495 e. The van der Waals surface area contributed by atoms with E-state index in [4.69, 9.17) is 16.3 Å². The number of hydrogen-bond donors (Lipinski definition) is 1. The monoisotopic (exact) mass is 302 g/mol. The zero-order valence-electron chi connectivity index (χ0n) is 11.6. The molecule has 0 unspecified atom stereocenters. The van der Waals surface area contributed by atoms with Gasteiger partial charge in [-0.2, -0.15) is 0 Å². The summed E-state index contributed by atoms with van der Waals surface area (Å²) in [6.45, 7) is 0.596. The predicted octanol–water partition coefficient (Wildman–Crippen LogP) is 3.83. The molecule has 0 aromatic heterocycles. The lowest BCUT2D eigenvalue weighted by Crippen LogP contribution is -2.25. The van der Waals surface area contributed by atoms with Gasteiger partial charge in [0, 0.05) is 18.0 Å². The molecule has 2 aromatic rings. The Labute approximate surface area is 128 Å². The average Bonchev–Trinajstić information content (AvgIpc) is 2.65. The molecule has 108 valence electrons. The van der Waals surface area contributed by atoms with Crippen LogP contribution in [0.5, 0.6) is 5.75 Å². The molecule has 5 heteroatoms. The highest BCUT2D eigenvalue weighted by molar-refractivity contribution is 6.31. The van der Waals surface area contributed by atoms with E-state index in [1.165, 1.54) is 0 Å². The van der Waals surface area contributed by atoms with Crippen LogP contribution in [-0.2, 0) is 4.79 Å². The number of para-hydroxylation sites is 2. The first kappa shape index (κ1) is 13.8. The summed E-state index contributed by atoms with van der Waals surface area (Å²) in [5, 5.41) is 3.85. The van der Waals surface area contributed by atoms with Gasteiger partial charge in [0.1, 0.15) is 5.75 Å². The van der Waals surface area contributed by atoms with Crippen LogP contribution in [0, 0.1) is 0 Å². The molecule has 0 radical (unpaired) electrons. The van der Waals surface area contributed by atoms with E-state index in [9.17, 15) is 4.79 Å². The first-order valence-electron chi connectivity index (χ1n) is 6.70. The van der Waals surface area contributed by atoms with Gasteiger partial charge in [-0.3, -0.25) is 9.69 Å². The topological polar surface area (TPSA) is 41.6 Å². The van der Waals surface area contributed by atoms with Gasteiger partial charge in [-0.1, -0.05) is 23.7 Å². The molecule has 4 nitrogen and oxygen atoms in total. The minimum atomic E-state index is 0.00742. The van der Waals surface area contributed by atoms with Crippen molar-refractivity contribution in [2.75, 3.05) is 23.9 Å². The SMILES string of the molecule is COc1ccccc1N1C(=O)CCNc2ccc(Cl)cc21. The first-order valence-corrected chi connectivity index (χ1v) is 7.08. The van der Waals surface area contributed by atoms with Crippen molar-refractivity contribution in [2.45, 2.75) is 6.42 Å². The van der Waals surface area contributed by atoms with E-state index in [2.05, 4.69) is 5.32 Å². The Kier molecular flexibility index (Phi) is 3.71. The molecule has 0 bridgehead atoms. The van der Waals surface area contributed by atoms with Gasteiger partial charge in [0.25, 0.3) is 0 Å². The number of nitrogens with one attached hydrogen (secondary N) is 1. The van der Waals surface area contributed by atoms with Crippen LogP contribution in [0.1, 0.15) is 6.42 Å². The maximum absolute atomic E-state index is 12.5. The number of halogens is 1. The Morgan fingerprint density at radius 2 is 2.00 bits per heavy atom. The third kappa shape index (κ3) is 2.54. The molecule has 1 N–H and O–H groups in total. The summed E-state index contributed by atoms with van der Waals surface area (Å²) >= 11 is 6.11. The summed E-state index contributed by atoms with van der Waals surface area (Å²) < 4.78 is 5.39. The van der Waals surface area contributed by atoms with Crippen LogP contribution in [0.3, 0.4) is 0 Å². The predicted molar refractivity (Wildman–Crippen MR) is 84.7 cm³/mol. The molecule has 0 atom stereocenters. The van der Waals surface area contributed by atoms with Crippen LogP contribution >= 0.6 is 11.6 Å². The number of hydrogen-bond acceptors (Lipinski definition) is 3. The number of methoxy groups -OCH3 is 1. The molecule has 3 rings (SSSR count). The average molecular weight is 303 g/mol. The normalized spacial score (nSPS) is 14.2. The summed E-state index contributed by atoms with van der Waals surface area (Å²) in [5.74, 6) is 0.659. The van der Waals surface area contributed by atoms with Crippen LogP contribution in [-0.4, -0.2) is 19.6 Å². The van der Waals surface area contributed by atoms with Crippen molar-refractivity contribution < 1.29 is 9.53 Å². The van der Waals surface area contributed by atoms with E-state index in [1.807, 2.05) is 36.4 Å². The number of ether oxygens (including phenoxy) is 1. The molecule has 21 heavy (non-hydrogen) atoms. The van der Waals surface area contributed by atoms with Crippen molar-refractivity contribution in [3.05, 3.63) is 47.5 Å². The molecule has 0 fully saturated rings. The third-order valence-corrected chi connectivity index (χ3v) is 3.67. The van der Waals surface area contributed by atoms with Crippen LogP contribution < -0.4 is 15.0 Å². The third-order valence-electron chi connectivity index (χ3n) is 3.43. The fourth-order valence-electron chi connectivity index (χ4n) is 2.47. The maximum Gasteiger partial charge on any atom is 0.233 e. The first-order chi connectivity index (χ1) is 10.2. The Hall–Kier alpha value is -2.20. The smallest absolute Gasteiger partial charge is 0.233 e. The Morgan fingerprint density at radius 1 is 1.19 bits per heavy atom. The summed E-state index contributed by atoms with van der Waals surface area (Å²) in [4.78, 5) is 14.2. The molecule has 0 aliphatic carbocycles. The largest absolute Gasteiger partial charge is 0.495 e. The van der Waals surface area contributed by atoms with Gasteiger partial charge in [0.05, 0.1) is 24.2 Å². The number of carbonyl (C=O) groups excluding carboxylic acids is 1. The lowest BCUT2D eigenvalue weighted by molar-refractivity contribution is -0.117. The van der Waals surface area contributed by atoms with Crippen LogP contribution in [0.4, 0.5) is 17.1 Å². The number of nitrogens with zero attached hydrogens (tertiary/aromatic N) is 1. The van der Waals surface area contributed by atoms with Crippen molar-refractivity contribution in [1.82, 2.24) is 0 Å². The van der Waals surface area contributed by atoms with Gasteiger partial charge in [-0.15, -0.1) is 0 Å². The van der Waals surface area contributed by atoms with E-state index in [0.29, 0.717) is 23.7 Å². The molecule has 0 saturated heterocycles. The highest BCUT2D eigenvalue weighted by Gasteiger charge is 2.26. The van der Waals surface area contributed by atoms with Crippen LogP contribution in [0.2, 0.25) is 5.02 Å². The number of benzene rings is 2. The molecule has 0 saturated carbocycles. The summed E-state index contributed by atoms with van der Waals surface area (Å²) in [6.07, 6.45) is 0.407. The molecule has 1 amide bonds. The molecule has 1 heterocycles. The zero-order chi connectivity index (χ0) is 14.8. The van der Waals surface area contributed by atoms with Gasteiger partial charge < -0.3 is 10.1 Å². The number of rotatable bonds is 2. The number of anilines is 3. The van der Waals surface area contributed by atoms with Gasteiger partial charge in [0.15, 0.2) is 0 Å². The molecular formula is C16H15ClN2O2. The Bertz CT molecular complexity index is 688. The Morgan fingerprint density at radius 3 is 2.81 bits per heavy atom. The van der Waals surface area contributed by atoms with E-state index in [0.717, 1.165) is 17.1 Å². The molecule has 0 spiro atoms. The quantitative estimate of drug-likeness (QED) is 0.916. The highest BCUT2D eigenvalue weighted by Crippen LogP contribution is 2.40. The molecule has 2 aromatic carbocycles. The van der Waals surface area contributed by atoms with Crippen LogP contribution in [0.25, 0.3) is 0 Å². The van der Waals surface area contributed by atoms with Gasteiger partial charge in [-0.25, -0.2) is 0 Å². The summed E-state index contributed by atoms with van der Waals surface area (Å²) in [6, 6.07) is 13.0. The second-order valence-electron chi connectivity index (χ2n) is 4.74. The van der Waals surface area contributed by atoms with Gasteiger partial charge >= 0.3 is 0 Å². The number of amides is 1. The number of carbonyl (C=O) groups is 1. The van der Waals surface area contributed by atoms with E-state index < -0.39 is 0 Å². The van der Waals surface area contributed by atoms with Gasteiger partial charge in [0.2, 0.25) is 5.91 Å². The minimum absolute atomic E-state index is 0.00742. The van der Waals surface area contributed by atoms with Crippen molar-refractivity contribution in [2.24, 2.45) is 0 Å². The summed E-state index contributed by atoms with van der Waals surface area (Å²) in [7, 11) is 1.60. The lowest BCUT2D eigenvalue weighted by atomic mass is 10.2. The zero-order valence-corrected chi connectivity index (χ0v) is 12.4. The van der Waals surface area contributed by atoms with Crippen LogP contribution in [0.15, 0.2) is 42.5 Å². The lowest BCUT2D eigenvalue weighted by Gasteiger charge is -2.24. The van der Waals surface area contributed by atoms with Gasteiger partial charge in [-0.05, 0) is 30.3 Å². The molecule has 1 aliphatic rings. The Balaban J connectivity index is 2.20. The number of fused-ring (bicyclic) bond motifs is 1. The second-order valence-corrected chi connectivity index (χ2v) is 5.18. The van der Waals surface area contributed by atoms with E-state index in [-0.39, 0.29) is 5.91 Å². The fraction of sp³-hybridized carbons (Fsp3) is 0.188. The van der Waals surface area contributed by atoms with E-state index in [1.54, 1.807) is 18.1 Å². The molecular weight excluding hydrogens is 288 g/mol.